The predicted molar refractivity (Wildman–Crippen MR) is 88.8 cm³/mol. The van der Waals surface area contributed by atoms with Gasteiger partial charge in [-0.2, -0.15) is 0 Å². The third kappa shape index (κ3) is 6.40. The zero-order valence-electron chi connectivity index (χ0n) is 14.2. The highest BCUT2D eigenvalue weighted by Crippen LogP contribution is 2.13. The first-order valence-electron chi connectivity index (χ1n) is 7.35. The van der Waals surface area contributed by atoms with Crippen molar-refractivity contribution in [2.24, 2.45) is 5.41 Å². The molecule has 0 aromatic carbocycles. The van der Waals surface area contributed by atoms with Gasteiger partial charge in [-0.15, -0.1) is 11.3 Å². The Bertz CT molecular complexity index is 549. The zero-order valence-corrected chi connectivity index (χ0v) is 15.0. The molecule has 2 amide bonds. The van der Waals surface area contributed by atoms with Gasteiger partial charge in [0.1, 0.15) is 6.04 Å². The molecule has 128 valence electrons. The van der Waals surface area contributed by atoms with Gasteiger partial charge >= 0.3 is 5.97 Å². The number of hydrogen-bond donors (Lipinski definition) is 1. The molecule has 0 spiro atoms. The summed E-state index contributed by atoms with van der Waals surface area (Å²) < 4.78 is 4.98. The summed E-state index contributed by atoms with van der Waals surface area (Å²) >= 11 is 1.56. The smallest absolute Gasteiger partial charge is 0.328 e. The van der Waals surface area contributed by atoms with Crippen molar-refractivity contribution in [1.82, 2.24) is 10.2 Å². The topological polar surface area (TPSA) is 75.7 Å². The molecule has 1 N–H and O–H groups in total. The number of likely N-dealkylation sites (N-methyl/N-ethyl adjacent to an activating group) is 1. The van der Waals surface area contributed by atoms with Crippen LogP contribution < -0.4 is 5.32 Å². The highest BCUT2D eigenvalue weighted by Gasteiger charge is 2.26. The third-order valence-electron chi connectivity index (χ3n) is 3.12. The Kier molecular flexibility index (Phi) is 6.75. The largest absolute Gasteiger partial charge is 0.454 e. The lowest BCUT2D eigenvalue weighted by molar-refractivity contribution is -0.154. The van der Waals surface area contributed by atoms with E-state index in [2.05, 4.69) is 5.32 Å². The lowest BCUT2D eigenvalue weighted by Crippen LogP contribution is -2.45. The number of esters is 1. The quantitative estimate of drug-likeness (QED) is 0.801. The van der Waals surface area contributed by atoms with Crippen molar-refractivity contribution in [2.45, 2.75) is 40.3 Å². The fourth-order valence-electron chi connectivity index (χ4n) is 1.56. The molecule has 23 heavy (non-hydrogen) atoms. The molecular formula is C16H24N2O4S. The van der Waals surface area contributed by atoms with Gasteiger partial charge in [0, 0.05) is 17.3 Å². The number of nitrogens with zero attached hydrogens (tertiary/aromatic N) is 1. The molecule has 7 heteroatoms. The third-order valence-corrected chi connectivity index (χ3v) is 3.98. The van der Waals surface area contributed by atoms with Crippen molar-refractivity contribution in [3.05, 3.63) is 22.4 Å². The van der Waals surface area contributed by atoms with Gasteiger partial charge in [0.05, 0.1) is 6.54 Å². The van der Waals surface area contributed by atoms with Crippen LogP contribution in [0.4, 0.5) is 0 Å². The predicted octanol–water partition coefficient (Wildman–Crippen LogP) is 1.80. The number of nitrogens with one attached hydrogen (secondary N) is 1. The van der Waals surface area contributed by atoms with Gasteiger partial charge < -0.3 is 15.0 Å². The maximum absolute atomic E-state index is 11.9. The van der Waals surface area contributed by atoms with E-state index in [-0.39, 0.29) is 18.4 Å². The van der Waals surface area contributed by atoms with Gasteiger partial charge in [-0.05, 0) is 18.4 Å². The summed E-state index contributed by atoms with van der Waals surface area (Å²) in [6, 6.07) is 3.06. The summed E-state index contributed by atoms with van der Waals surface area (Å²) in [6.07, 6.45) is 0. The number of amides is 2. The van der Waals surface area contributed by atoms with E-state index in [1.54, 1.807) is 39.2 Å². The van der Waals surface area contributed by atoms with Gasteiger partial charge in [-0.1, -0.05) is 26.8 Å². The Morgan fingerprint density at radius 2 is 2.00 bits per heavy atom. The highest BCUT2D eigenvalue weighted by molar-refractivity contribution is 7.09. The molecule has 6 nitrogen and oxygen atoms in total. The summed E-state index contributed by atoms with van der Waals surface area (Å²) in [6.45, 7) is 6.93. The van der Waals surface area contributed by atoms with Crippen LogP contribution in [0.15, 0.2) is 17.5 Å². The Hall–Kier alpha value is -1.89. The Labute approximate surface area is 140 Å². The average Bonchev–Trinajstić information content (AvgIpc) is 2.95. The van der Waals surface area contributed by atoms with Crippen molar-refractivity contribution < 1.29 is 19.1 Å². The second kappa shape index (κ2) is 8.10. The van der Waals surface area contributed by atoms with Crippen LogP contribution in [-0.4, -0.2) is 42.4 Å². The van der Waals surface area contributed by atoms with E-state index in [9.17, 15) is 14.4 Å². The molecule has 0 radical (unpaired) electrons. The lowest BCUT2D eigenvalue weighted by atomic mass is 9.95. The van der Waals surface area contributed by atoms with Crippen LogP contribution in [0, 0.1) is 5.41 Å². The molecule has 1 heterocycles. The van der Waals surface area contributed by atoms with Crippen molar-refractivity contribution in [1.29, 1.82) is 0 Å². The SMILES string of the molecule is CC(NC(=O)C(C)(C)C)C(=O)OCC(=O)N(C)Cc1cccs1. The number of carbonyl (C=O) groups is 3. The Balaban J connectivity index is 2.39. The van der Waals surface area contributed by atoms with Crippen molar-refractivity contribution in [2.75, 3.05) is 13.7 Å². The number of thiophene rings is 1. The standard InChI is InChI=1S/C16H24N2O4S/c1-11(17-15(21)16(2,3)4)14(20)22-10-13(19)18(5)9-12-7-6-8-23-12/h6-8,11H,9-10H2,1-5H3,(H,17,21). The van der Waals surface area contributed by atoms with Crippen molar-refractivity contribution >= 4 is 29.1 Å². The number of ether oxygens (including phenoxy) is 1. The second-order valence-corrected chi connectivity index (χ2v) is 7.41. The van der Waals surface area contributed by atoms with Gasteiger partial charge in [-0.3, -0.25) is 9.59 Å². The first kappa shape index (κ1) is 19.2. The summed E-state index contributed by atoms with van der Waals surface area (Å²) in [5.74, 6) is -1.16. The van der Waals surface area contributed by atoms with Crippen LogP contribution in [0.3, 0.4) is 0 Å². The van der Waals surface area contributed by atoms with Crippen LogP contribution in [0.5, 0.6) is 0 Å². The van der Waals surface area contributed by atoms with Crippen LogP contribution in [0.1, 0.15) is 32.6 Å². The molecule has 0 aliphatic heterocycles. The molecule has 0 fully saturated rings. The van der Waals surface area contributed by atoms with Gasteiger partial charge in [0.25, 0.3) is 5.91 Å². The fourth-order valence-corrected chi connectivity index (χ4v) is 2.32. The van der Waals surface area contributed by atoms with Gasteiger partial charge in [0.2, 0.25) is 5.91 Å². The number of carbonyl (C=O) groups excluding carboxylic acids is 3. The lowest BCUT2D eigenvalue weighted by Gasteiger charge is -2.21. The number of hydrogen-bond acceptors (Lipinski definition) is 5. The van der Waals surface area contributed by atoms with Crippen molar-refractivity contribution in [3.63, 3.8) is 0 Å². The molecule has 1 unspecified atom stereocenters. The molecule has 1 rings (SSSR count). The normalized spacial score (nSPS) is 12.4. The monoisotopic (exact) mass is 340 g/mol. The van der Waals surface area contributed by atoms with Crippen LogP contribution >= 0.6 is 11.3 Å². The second-order valence-electron chi connectivity index (χ2n) is 6.38. The molecule has 1 aromatic heterocycles. The molecule has 1 aromatic rings. The summed E-state index contributed by atoms with van der Waals surface area (Å²) in [5.41, 5.74) is -0.592. The van der Waals surface area contributed by atoms with Gasteiger partial charge in [-0.25, -0.2) is 4.79 Å². The van der Waals surface area contributed by atoms with Crippen LogP contribution in [0.2, 0.25) is 0 Å². The molecule has 0 saturated heterocycles. The Morgan fingerprint density at radius 3 is 2.52 bits per heavy atom. The maximum Gasteiger partial charge on any atom is 0.328 e. The average molecular weight is 340 g/mol. The highest BCUT2D eigenvalue weighted by atomic mass is 32.1. The minimum Gasteiger partial charge on any atom is -0.454 e. The molecule has 0 bridgehead atoms. The Morgan fingerprint density at radius 1 is 1.35 bits per heavy atom. The molecular weight excluding hydrogens is 316 g/mol. The van der Waals surface area contributed by atoms with E-state index >= 15 is 0 Å². The zero-order chi connectivity index (χ0) is 17.6. The van der Waals surface area contributed by atoms with E-state index in [0.29, 0.717) is 6.54 Å². The minimum atomic E-state index is -0.794. The molecule has 0 aliphatic rings. The van der Waals surface area contributed by atoms with Crippen LogP contribution in [-0.2, 0) is 25.7 Å². The van der Waals surface area contributed by atoms with E-state index < -0.39 is 17.4 Å². The minimum absolute atomic E-state index is 0.247. The fraction of sp³-hybridized carbons (Fsp3) is 0.562. The first-order chi connectivity index (χ1) is 10.6. The van der Waals surface area contributed by atoms with E-state index in [1.165, 1.54) is 11.8 Å². The maximum atomic E-state index is 11.9. The summed E-state index contributed by atoms with van der Waals surface area (Å²) in [7, 11) is 1.65. The van der Waals surface area contributed by atoms with E-state index in [0.717, 1.165) is 4.88 Å². The van der Waals surface area contributed by atoms with E-state index in [1.807, 2.05) is 17.5 Å². The summed E-state index contributed by atoms with van der Waals surface area (Å²) in [4.78, 5) is 38.1. The first-order valence-corrected chi connectivity index (χ1v) is 8.23. The summed E-state index contributed by atoms with van der Waals surface area (Å²) in [5, 5.41) is 4.51. The molecule has 1 atom stereocenters. The van der Waals surface area contributed by atoms with E-state index in [4.69, 9.17) is 4.74 Å². The molecule has 0 saturated carbocycles. The number of rotatable bonds is 6. The van der Waals surface area contributed by atoms with Gasteiger partial charge in [0.15, 0.2) is 6.61 Å². The van der Waals surface area contributed by atoms with Crippen molar-refractivity contribution in [3.8, 4) is 0 Å². The van der Waals surface area contributed by atoms with Crippen LogP contribution in [0.25, 0.3) is 0 Å². The molecule has 0 aliphatic carbocycles.